The Kier molecular flexibility index (Phi) is 4.22. The number of amides is 1. The van der Waals surface area contributed by atoms with E-state index in [0.29, 0.717) is 13.0 Å². The molecule has 1 amide bonds. The van der Waals surface area contributed by atoms with Crippen LogP contribution in [0, 0.1) is 12.3 Å². The highest BCUT2D eigenvalue weighted by Gasteiger charge is 2.34. The van der Waals surface area contributed by atoms with Crippen LogP contribution < -0.4 is 0 Å². The highest BCUT2D eigenvalue weighted by molar-refractivity contribution is 5.99. The van der Waals surface area contributed by atoms with Crippen LogP contribution in [0.4, 0.5) is 0 Å². The summed E-state index contributed by atoms with van der Waals surface area (Å²) in [6, 6.07) is 5.63. The van der Waals surface area contributed by atoms with Gasteiger partial charge in [0.25, 0.3) is 5.91 Å². The third kappa shape index (κ3) is 3.52. The molecule has 3 nitrogen and oxygen atoms in total. The number of rotatable bonds is 3. The minimum atomic E-state index is -0.313. The minimum absolute atomic E-state index is 0.000648. The molecule has 0 N–H and O–H groups in total. The molecule has 0 aromatic heterocycles. The SMILES string of the molecule is CC(=O)[C@H](CC(C)(C)C)N1CCc2cc(C)ccc2C1=O. The summed E-state index contributed by atoms with van der Waals surface area (Å²) in [6.07, 6.45) is 1.53. The molecule has 1 aromatic carbocycles. The lowest BCUT2D eigenvalue weighted by Crippen LogP contribution is -2.49. The average Bonchev–Trinajstić information content (AvgIpc) is 2.35. The molecule has 0 bridgehead atoms. The normalized spacial score (nSPS) is 16.6. The number of hydrogen-bond donors (Lipinski definition) is 0. The fraction of sp³-hybridized carbons (Fsp3) is 0.556. The third-order valence-corrected chi connectivity index (χ3v) is 4.03. The van der Waals surface area contributed by atoms with E-state index in [2.05, 4.69) is 26.8 Å². The number of fused-ring (bicyclic) bond motifs is 1. The van der Waals surface area contributed by atoms with Crippen molar-refractivity contribution in [1.29, 1.82) is 0 Å². The van der Waals surface area contributed by atoms with E-state index in [1.165, 1.54) is 5.56 Å². The molecule has 0 unspecified atom stereocenters. The van der Waals surface area contributed by atoms with E-state index in [1.807, 2.05) is 19.1 Å². The first-order valence-electron chi connectivity index (χ1n) is 7.60. The predicted octanol–water partition coefficient (Wildman–Crippen LogP) is 3.39. The molecule has 1 aliphatic rings. The molecule has 0 fully saturated rings. The van der Waals surface area contributed by atoms with Crippen molar-refractivity contribution in [2.75, 3.05) is 6.54 Å². The molecule has 0 saturated carbocycles. The van der Waals surface area contributed by atoms with Crippen LogP contribution in [-0.4, -0.2) is 29.2 Å². The molecular weight excluding hydrogens is 262 g/mol. The van der Waals surface area contributed by atoms with E-state index in [0.717, 1.165) is 17.5 Å². The molecule has 1 heterocycles. The second kappa shape index (κ2) is 5.63. The average molecular weight is 287 g/mol. The highest BCUT2D eigenvalue weighted by atomic mass is 16.2. The van der Waals surface area contributed by atoms with Gasteiger partial charge >= 0.3 is 0 Å². The van der Waals surface area contributed by atoms with E-state index >= 15 is 0 Å². The molecule has 2 rings (SSSR count). The molecule has 0 aliphatic carbocycles. The topological polar surface area (TPSA) is 37.4 Å². The summed E-state index contributed by atoms with van der Waals surface area (Å²) in [5, 5.41) is 0. The summed E-state index contributed by atoms with van der Waals surface area (Å²) in [7, 11) is 0. The number of aryl methyl sites for hydroxylation is 1. The van der Waals surface area contributed by atoms with Crippen molar-refractivity contribution >= 4 is 11.7 Å². The van der Waals surface area contributed by atoms with Gasteiger partial charge in [0, 0.05) is 12.1 Å². The number of carbonyl (C=O) groups excluding carboxylic acids is 2. The maximum Gasteiger partial charge on any atom is 0.254 e. The fourth-order valence-corrected chi connectivity index (χ4v) is 2.99. The first kappa shape index (κ1) is 15.7. The van der Waals surface area contributed by atoms with Crippen LogP contribution in [0.5, 0.6) is 0 Å². The number of Topliss-reactive ketones (excluding diaryl/α,β-unsaturated/α-hetero) is 1. The van der Waals surface area contributed by atoms with Crippen molar-refractivity contribution in [3.8, 4) is 0 Å². The fourth-order valence-electron chi connectivity index (χ4n) is 2.99. The largest absolute Gasteiger partial charge is 0.328 e. The van der Waals surface area contributed by atoms with Crippen LogP contribution >= 0.6 is 0 Å². The lowest BCUT2D eigenvalue weighted by atomic mass is 9.85. The summed E-state index contributed by atoms with van der Waals surface area (Å²) in [5.74, 6) is 0.0783. The number of ketones is 1. The van der Waals surface area contributed by atoms with Gasteiger partial charge in [-0.15, -0.1) is 0 Å². The quantitative estimate of drug-likeness (QED) is 0.854. The van der Waals surface area contributed by atoms with Gasteiger partial charge in [-0.25, -0.2) is 0 Å². The van der Waals surface area contributed by atoms with E-state index in [4.69, 9.17) is 0 Å². The molecule has 0 radical (unpaired) electrons. The molecule has 1 aromatic rings. The summed E-state index contributed by atoms with van der Waals surface area (Å²) in [5.41, 5.74) is 3.05. The van der Waals surface area contributed by atoms with Gasteiger partial charge in [-0.3, -0.25) is 9.59 Å². The second-order valence-corrected chi connectivity index (χ2v) is 7.30. The molecular formula is C18H25NO2. The van der Waals surface area contributed by atoms with Gasteiger partial charge in [-0.2, -0.15) is 0 Å². The van der Waals surface area contributed by atoms with Gasteiger partial charge in [0.1, 0.15) is 0 Å². The molecule has 3 heteroatoms. The van der Waals surface area contributed by atoms with Crippen LogP contribution in [-0.2, 0) is 11.2 Å². The molecule has 1 atom stereocenters. The third-order valence-electron chi connectivity index (χ3n) is 4.03. The van der Waals surface area contributed by atoms with Crippen LogP contribution in [0.25, 0.3) is 0 Å². The van der Waals surface area contributed by atoms with Crippen molar-refractivity contribution in [2.45, 2.75) is 53.5 Å². The molecule has 0 saturated heterocycles. The zero-order valence-electron chi connectivity index (χ0n) is 13.7. The van der Waals surface area contributed by atoms with E-state index < -0.39 is 0 Å². The van der Waals surface area contributed by atoms with Crippen LogP contribution in [0.3, 0.4) is 0 Å². The van der Waals surface area contributed by atoms with Crippen molar-refractivity contribution < 1.29 is 9.59 Å². The highest BCUT2D eigenvalue weighted by Crippen LogP contribution is 2.28. The van der Waals surface area contributed by atoms with Crippen molar-refractivity contribution in [1.82, 2.24) is 4.90 Å². The van der Waals surface area contributed by atoms with Crippen molar-refractivity contribution in [2.24, 2.45) is 5.41 Å². The molecule has 1 aliphatic heterocycles. The summed E-state index contributed by atoms with van der Waals surface area (Å²) >= 11 is 0. The number of nitrogens with zero attached hydrogens (tertiary/aromatic N) is 1. The van der Waals surface area contributed by atoms with Gasteiger partial charge < -0.3 is 4.90 Å². The smallest absolute Gasteiger partial charge is 0.254 e. The number of benzene rings is 1. The van der Waals surface area contributed by atoms with Crippen molar-refractivity contribution in [3.63, 3.8) is 0 Å². The van der Waals surface area contributed by atoms with Gasteiger partial charge in [0.05, 0.1) is 6.04 Å². The zero-order chi connectivity index (χ0) is 15.8. The van der Waals surface area contributed by atoms with Gasteiger partial charge in [-0.05, 0) is 43.7 Å². The molecule has 0 spiro atoms. The summed E-state index contributed by atoms with van der Waals surface area (Å²) < 4.78 is 0. The maximum atomic E-state index is 12.7. The van der Waals surface area contributed by atoms with E-state index in [1.54, 1.807) is 11.8 Å². The standard InChI is InChI=1S/C18H25NO2/c1-12-6-7-15-14(10-12)8-9-19(17(15)21)16(13(2)20)11-18(3,4)5/h6-7,10,16H,8-9,11H2,1-5H3/t16-/m0/s1. The number of hydrogen-bond acceptors (Lipinski definition) is 2. The van der Waals surface area contributed by atoms with Gasteiger partial charge in [0.2, 0.25) is 0 Å². The molecule has 114 valence electrons. The predicted molar refractivity (Wildman–Crippen MR) is 84.5 cm³/mol. The van der Waals surface area contributed by atoms with Crippen LogP contribution in [0.2, 0.25) is 0 Å². The Hall–Kier alpha value is -1.64. The Labute approximate surface area is 127 Å². The zero-order valence-corrected chi connectivity index (χ0v) is 13.7. The van der Waals surface area contributed by atoms with Crippen molar-refractivity contribution in [3.05, 3.63) is 34.9 Å². The summed E-state index contributed by atoms with van der Waals surface area (Å²) in [6.45, 7) is 10.6. The lowest BCUT2D eigenvalue weighted by molar-refractivity contribution is -0.122. The Morgan fingerprint density at radius 2 is 2.00 bits per heavy atom. The van der Waals surface area contributed by atoms with Crippen LogP contribution in [0.15, 0.2) is 18.2 Å². The van der Waals surface area contributed by atoms with E-state index in [-0.39, 0.29) is 23.1 Å². The maximum absolute atomic E-state index is 12.7. The Bertz CT molecular complexity index is 569. The second-order valence-electron chi connectivity index (χ2n) is 7.30. The molecule has 21 heavy (non-hydrogen) atoms. The first-order chi connectivity index (χ1) is 9.69. The van der Waals surface area contributed by atoms with Gasteiger partial charge in [0.15, 0.2) is 5.78 Å². The Morgan fingerprint density at radius 3 is 2.57 bits per heavy atom. The van der Waals surface area contributed by atoms with E-state index in [9.17, 15) is 9.59 Å². The van der Waals surface area contributed by atoms with Crippen LogP contribution in [0.1, 0.15) is 55.6 Å². The lowest BCUT2D eigenvalue weighted by Gasteiger charge is -2.37. The Balaban J connectivity index is 2.30. The monoisotopic (exact) mass is 287 g/mol. The minimum Gasteiger partial charge on any atom is -0.328 e. The first-order valence-corrected chi connectivity index (χ1v) is 7.60. The van der Waals surface area contributed by atoms with Gasteiger partial charge in [-0.1, -0.05) is 38.5 Å². The number of carbonyl (C=O) groups is 2. The summed E-state index contributed by atoms with van der Waals surface area (Å²) in [4.78, 5) is 26.5. The Morgan fingerprint density at radius 1 is 1.33 bits per heavy atom.